The van der Waals surface area contributed by atoms with Crippen molar-refractivity contribution in [2.45, 2.75) is 32.4 Å². The lowest BCUT2D eigenvalue weighted by Gasteiger charge is -2.43. The van der Waals surface area contributed by atoms with Gasteiger partial charge in [-0.2, -0.15) is 0 Å². The molecule has 3 rings (SSSR count). The monoisotopic (exact) mass is 252 g/mol. The second-order valence-corrected chi connectivity index (χ2v) is 5.73. The lowest BCUT2D eigenvalue weighted by atomic mass is 9.87. The van der Waals surface area contributed by atoms with E-state index in [1.165, 1.54) is 16.8 Å². The zero-order valence-electron chi connectivity index (χ0n) is 11.6. The SMILES string of the molecule is CC1(C)c2ncccc2CCN1Cc1ccccc1. The molecule has 1 aromatic heterocycles. The van der Waals surface area contributed by atoms with Crippen LogP contribution in [0.2, 0.25) is 0 Å². The largest absolute Gasteiger partial charge is 0.288 e. The van der Waals surface area contributed by atoms with Gasteiger partial charge in [-0.25, -0.2) is 0 Å². The van der Waals surface area contributed by atoms with E-state index in [-0.39, 0.29) is 5.54 Å². The molecule has 1 aliphatic rings. The molecule has 0 bridgehead atoms. The van der Waals surface area contributed by atoms with E-state index in [9.17, 15) is 0 Å². The van der Waals surface area contributed by atoms with Crippen LogP contribution in [0.5, 0.6) is 0 Å². The van der Waals surface area contributed by atoms with Crippen LogP contribution in [0, 0.1) is 0 Å². The Morgan fingerprint density at radius 2 is 1.89 bits per heavy atom. The molecule has 19 heavy (non-hydrogen) atoms. The molecule has 0 radical (unpaired) electrons. The van der Waals surface area contributed by atoms with Gasteiger partial charge in [-0.3, -0.25) is 9.88 Å². The molecular formula is C17H20N2. The molecule has 2 nitrogen and oxygen atoms in total. The van der Waals surface area contributed by atoms with Gasteiger partial charge in [-0.15, -0.1) is 0 Å². The van der Waals surface area contributed by atoms with E-state index >= 15 is 0 Å². The summed E-state index contributed by atoms with van der Waals surface area (Å²) < 4.78 is 0. The third-order valence-electron chi connectivity index (χ3n) is 4.13. The van der Waals surface area contributed by atoms with E-state index in [0.29, 0.717) is 0 Å². The molecular weight excluding hydrogens is 232 g/mol. The fraction of sp³-hybridized carbons (Fsp3) is 0.353. The molecule has 0 spiro atoms. The molecule has 98 valence electrons. The number of benzene rings is 1. The summed E-state index contributed by atoms with van der Waals surface area (Å²) in [6.07, 6.45) is 3.01. The molecule has 0 N–H and O–H groups in total. The molecule has 1 aliphatic heterocycles. The van der Waals surface area contributed by atoms with Gasteiger partial charge in [-0.05, 0) is 37.5 Å². The summed E-state index contributed by atoms with van der Waals surface area (Å²) in [6.45, 7) is 6.65. The number of pyridine rings is 1. The normalized spacial score (nSPS) is 18.0. The third-order valence-corrected chi connectivity index (χ3v) is 4.13. The van der Waals surface area contributed by atoms with Crippen LogP contribution >= 0.6 is 0 Å². The van der Waals surface area contributed by atoms with E-state index in [0.717, 1.165) is 19.5 Å². The van der Waals surface area contributed by atoms with Gasteiger partial charge in [0.15, 0.2) is 0 Å². The first kappa shape index (κ1) is 12.4. The van der Waals surface area contributed by atoms with Crippen molar-refractivity contribution in [1.29, 1.82) is 0 Å². The summed E-state index contributed by atoms with van der Waals surface area (Å²) in [5.41, 5.74) is 4.01. The maximum Gasteiger partial charge on any atom is 0.0633 e. The molecule has 2 heterocycles. The van der Waals surface area contributed by atoms with Crippen LogP contribution in [0.4, 0.5) is 0 Å². The Bertz CT molecular complexity index is 560. The average molecular weight is 252 g/mol. The van der Waals surface area contributed by atoms with Crippen LogP contribution in [0.1, 0.15) is 30.7 Å². The minimum Gasteiger partial charge on any atom is -0.288 e. The smallest absolute Gasteiger partial charge is 0.0633 e. The Labute approximate surface area is 115 Å². The lowest BCUT2D eigenvalue weighted by Crippen LogP contribution is -2.46. The molecule has 0 amide bonds. The van der Waals surface area contributed by atoms with Crippen LogP contribution < -0.4 is 0 Å². The van der Waals surface area contributed by atoms with Gasteiger partial charge in [-0.1, -0.05) is 36.4 Å². The quantitative estimate of drug-likeness (QED) is 0.814. The van der Waals surface area contributed by atoms with Gasteiger partial charge in [0, 0.05) is 19.3 Å². The van der Waals surface area contributed by atoms with E-state index in [4.69, 9.17) is 0 Å². The highest BCUT2D eigenvalue weighted by Crippen LogP contribution is 2.34. The molecule has 2 heteroatoms. The van der Waals surface area contributed by atoms with Gasteiger partial charge < -0.3 is 0 Å². The van der Waals surface area contributed by atoms with Crippen molar-refractivity contribution in [2.75, 3.05) is 6.54 Å². The van der Waals surface area contributed by atoms with Crippen molar-refractivity contribution in [2.24, 2.45) is 0 Å². The second-order valence-electron chi connectivity index (χ2n) is 5.73. The standard InChI is InChI=1S/C17H20N2/c1-17(2)16-15(9-6-11-18-16)10-12-19(17)13-14-7-4-3-5-8-14/h3-9,11H,10,12-13H2,1-2H3. The Morgan fingerprint density at radius 3 is 2.68 bits per heavy atom. The predicted octanol–water partition coefficient (Wildman–Crippen LogP) is 3.38. The summed E-state index contributed by atoms with van der Waals surface area (Å²) in [5.74, 6) is 0. The molecule has 2 aromatic rings. The first-order valence-corrected chi connectivity index (χ1v) is 6.91. The Morgan fingerprint density at radius 1 is 1.11 bits per heavy atom. The highest BCUT2D eigenvalue weighted by Gasteiger charge is 2.35. The van der Waals surface area contributed by atoms with E-state index in [1.54, 1.807) is 0 Å². The van der Waals surface area contributed by atoms with Gasteiger partial charge in [0.05, 0.1) is 11.2 Å². The summed E-state index contributed by atoms with van der Waals surface area (Å²) in [7, 11) is 0. The average Bonchev–Trinajstić information content (AvgIpc) is 2.44. The molecule has 0 atom stereocenters. The second kappa shape index (κ2) is 4.78. The van der Waals surface area contributed by atoms with E-state index in [2.05, 4.69) is 60.1 Å². The number of aromatic nitrogens is 1. The molecule has 0 aliphatic carbocycles. The molecule has 0 saturated carbocycles. The summed E-state index contributed by atoms with van der Waals surface area (Å²) in [6, 6.07) is 14.9. The maximum absolute atomic E-state index is 4.62. The number of hydrogen-bond donors (Lipinski definition) is 0. The topological polar surface area (TPSA) is 16.1 Å². The highest BCUT2D eigenvalue weighted by molar-refractivity contribution is 5.29. The summed E-state index contributed by atoms with van der Waals surface area (Å²) in [5, 5.41) is 0. The van der Waals surface area contributed by atoms with Crippen molar-refractivity contribution in [3.05, 3.63) is 65.5 Å². The van der Waals surface area contributed by atoms with Crippen molar-refractivity contribution in [1.82, 2.24) is 9.88 Å². The number of fused-ring (bicyclic) bond motifs is 1. The van der Waals surface area contributed by atoms with Crippen molar-refractivity contribution in [3.8, 4) is 0 Å². The van der Waals surface area contributed by atoms with Gasteiger partial charge in [0.1, 0.15) is 0 Å². The highest BCUT2D eigenvalue weighted by atomic mass is 15.2. The third kappa shape index (κ3) is 2.28. The Hall–Kier alpha value is -1.67. The van der Waals surface area contributed by atoms with Crippen LogP contribution in [-0.4, -0.2) is 16.4 Å². The zero-order valence-corrected chi connectivity index (χ0v) is 11.6. The number of hydrogen-bond acceptors (Lipinski definition) is 2. The van der Waals surface area contributed by atoms with Gasteiger partial charge >= 0.3 is 0 Å². The van der Waals surface area contributed by atoms with Crippen LogP contribution in [0.3, 0.4) is 0 Å². The minimum atomic E-state index is 0.00465. The summed E-state index contributed by atoms with van der Waals surface area (Å²) >= 11 is 0. The number of rotatable bonds is 2. The van der Waals surface area contributed by atoms with E-state index in [1.807, 2.05) is 12.3 Å². The maximum atomic E-state index is 4.62. The van der Waals surface area contributed by atoms with Crippen LogP contribution in [0.25, 0.3) is 0 Å². The fourth-order valence-corrected chi connectivity index (χ4v) is 2.96. The Balaban J connectivity index is 1.89. The van der Waals surface area contributed by atoms with Gasteiger partial charge in [0.2, 0.25) is 0 Å². The van der Waals surface area contributed by atoms with Crippen LogP contribution in [-0.2, 0) is 18.5 Å². The molecule has 0 fully saturated rings. The minimum absolute atomic E-state index is 0.00465. The van der Waals surface area contributed by atoms with E-state index < -0.39 is 0 Å². The predicted molar refractivity (Wildman–Crippen MR) is 77.8 cm³/mol. The van der Waals surface area contributed by atoms with Crippen LogP contribution in [0.15, 0.2) is 48.7 Å². The fourth-order valence-electron chi connectivity index (χ4n) is 2.96. The van der Waals surface area contributed by atoms with Crippen molar-refractivity contribution >= 4 is 0 Å². The van der Waals surface area contributed by atoms with Crippen molar-refractivity contribution in [3.63, 3.8) is 0 Å². The Kier molecular flexibility index (Phi) is 3.11. The van der Waals surface area contributed by atoms with Gasteiger partial charge in [0.25, 0.3) is 0 Å². The van der Waals surface area contributed by atoms with Crippen molar-refractivity contribution < 1.29 is 0 Å². The zero-order chi connectivity index (χ0) is 13.3. The lowest BCUT2D eigenvalue weighted by molar-refractivity contribution is 0.0936. The number of nitrogens with zero attached hydrogens (tertiary/aromatic N) is 2. The molecule has 0 saturated heterocycles. The first-order valence-electron chi connectivity index (χ1n) is 6.91. The molecule has 1 aromatic carbocycles. The first-order chi connectivity index (χ1) is 9.18. The molecule has 0 unspecified atom stereocenters. The summed E-state index contributed by atoms with van der Waals surface area (Å²) in [4.78, 5) is 7.15.